The summed E-state index contributed by atoms with van der Waals surface area (Å²) in [6, 6.07) is 10.1. The molecule has 0 saturated heterocycles. The smallest absolute Gasteiger partial charge is 0.224 e. The summed E-state index contributed by atoms with van der Waals surface area (Å²) < 4.78 is 0. The minimum atomic E-state index is 0.0691. The second-order valence-electron chi connectivity index (χ2n) is 6.06. The zero-order valence-corrected chi connectivity index (χ0v) is 14.2. The lowest BCUT2D eigenvalue weighted by atomic mass is 9.82. The van der Waals surface area contributed by atoms with Gasteiger partial charge < -0.3 is 10.2 Å². The van der Waals surface area contributed by atoms with Crippen molar-refractivity contribution in [3.63, 3.8) is 0 Å². The van der Waals surface area contributed by atoms with Crippen molar-refractivity contribution >= 4 is 28.9 Å². The van der Waals surface area contributed by atoms with E-state index in [2.05, 4.69) is 30.2 Å². The van der Waals surface area contributed by atoms with E-state index in [-0.39, 0.29) is 23.9 Å². The minimum Gasteiger partial charge on any atom is -0.377 e. The summed E-state index contributed by atoms with van der Waals surface area (Å²) in [5, 5.41) is 4.13. The van der Waals surface area contributed by atoms with Gasteiger partial charge in [-0.25, -0.2) is 0 Å². The zero-order chi connectivity index (χ0) is 16.6. The van der Waals surface area contributed by atoms with Gasteiger partial charge in [-0.1, -0.05) is 36.7 Å². The van der Waals surface area contributed by atoms with Gasteiger partial charge in [-0.3, -0.25) is 9.78 Å². The number of fused-ring (bicyclic) bond motifs is 1. The molecule has 4 nitrogen and oxygen atoms in total. The number of nitrogens with zero attached hydrogens (tertiary/aromatic N) is 2. The van der Waals surface area contributed by atoms with E-state index < -0.39 is 0 Å². The van der Waals surface area contributed by atoms with Gasteiger partial charge in [-0.2, -0.15) is 0 Å². The van der Waals surface area contributed by atoms with Crippen LogP contribution in [0.5, 0.6) is 0 Å². The molecule has 0 fully saturated rings. The Morgan fingerprint density at radius 1 is 1.26 bits per heavy atom. The molecular weight excluding hydrogens is 310 g/mol. The maximum absolute atomic E-state index is 12.1. The molecule has 3 rings (SSSR count). The van der Waals surface area contributed by atoms with Crippen molar-refractivity contribution < 1.29 is 4.79 Å². The quantitative estimate of drug-likeness (QED) is 0.894. The average Bonchev–Trinajstić information content (AvgIpc) is 2.51. The minimum absolute atomic E-state index is 0.0691. The van der Waals surface area contributed by atoms with Gasteiger partial charge in [0.2, 0.25) is 5.91 Å². The summed E-state index contributed by atoms with van der Waals surface area (Å²) in [6.45, 7) is 5.87. The van der Waals surface area contributed by atoms with Crippen molar-refractivity contribution in [3.05, 3.63) is 53.3 Å². The predicted molar refractivity (Wildman–Crippen MR) is 93.8 cm³/mol. The number of rotatable bonds is 2. The third-order valence-corrected chi connectivity index (χ3v) is 4.80. The number of aromatic nitrogens is 1. The van der Waals surface area contributed by atoms with Gasteiger partial charge in [-0.05, 0) is 24.6 Å². The third kappa shape index (κ3) is 2.91. The average molecular weight is 330 g/mol. The van der Waals surface area contributed by atoms with Crippen LogP contribution in [0.4, 0.5) is 11.4 Å². The molecule has 3 atom stereocenters. The number of carbonyl (C=O) groups excluding carboxylic acids is 1. The van der Waals surface area contributed by atoms with E-state index in [4.69, 9.17) is 11.6 Å². The van der Waals surface area contributed by atoms with Gasteiger partial charge >= 0.3 is 0 Å². The van der Waals surface area contributed by atoms with Gasteiger partial charge in [0.05, 0.1) is 22.9 Å². The summed E-state index contributed by atoms with van der Waals surface area (Å²) >= 11 is 6.04. The van der Waals surface area contributed by atoms with Crippen molar-refractivity contribution in [2.45, 2.75) is 32.9 Å². The highest BCUT2D eigenvalue weighted by Crippen LogP contribution is 2.42. The molecule has 0 saturated carbocycles. The SMILES string of the molecule is CC(=O)N1c2ccccc2C(Nc2cncc(Cl)c2)[C@@H](C)[C@@H]1C. The summed E-state index contributed by atoms with van der Waals surface area (Å²) in [5.41, 5.74) is 2.97. The Hall–Kier alpha value is -2.07. The van der Waals surface area contributed by atoms with Gasteiger partial charge in [0.25, 0.3) is 0 Å². The van der Waals surface area contributed by atoms with E-state index >= 15 is 0 Å². The zero-order valence-electron chi connectivity index (χ0n) is 13.5. The molecule has 23 heavy (non-hydrogen) atoms. The van der Waals surface area contributed by atoms with Crippen LogP contribution in [-0.4, -0.2) is 16.9 Å². The van der Waals surface area contributed by atoms with E-state index in [9.17, 15) is 4.79 Å². The number of nitrogens with one attached hydrogen (secondary N) is 1. The molecule has 0 radical (unpaired) electrons. The van der Waals surface area contributed by atoms with Crippen molar-refractivity contribution in [2.75, 3.05) is 10.2 Å². The van der Waals surface area contributed by atoms with E-state index in [1.54, 1.807) is 19.3 Å². The maximum atomic E-state index is 12.1. The lowest BCUT2D eigenvalue weighted by Crippen LogP contribution is -2.48. The Morgan fingerprint density at radius 2 is 2.00 bits per heavy atom. The molecular formula is C18H20ClN3O. The van der Waals surface area contributed by atoms with Gasteiger partial charge in [0.15, 0.2) is 0 Å². The van der Waals surface area contributed by atoms with Crippen LogP contribution in [0.1, 0.15) is 32.4 Å². The molecule has 120 valence electrons. The summed E-state index contributed by atoms with van der Waals surface area (Å²) in [6.07, 6.45) is 3.38. The fourth-order valence-electron chi connectivity index (χ4n) is 3.32. The lowest BCUT2D eigenvalue weighted by Gasteiger charge is -2.44. The molecule has 0 aliphatic carbocycles. The summed E-state index contributed by atoms with van der Waals surface area (Å²) in [7, 11) is 0. The first kappa shape index (κ1) is 15.8. The number of hydrogen-bond donors (Lipinski definition) is 1. The summed E-state index contributed by atoms with van der Waals surface area (Å²) in [4.78, 5) is 18.1. The molecule has 5 heteroatoms. The van der Waals surface area contributed by atoms with E-state index in [1.807, 2.05) is 29.2 Å². The van der Waals surface area contributed by atoms with E-state index in [0.717, 1.165) is 16.9 Å². The van der Waals surface area contributed by atoms with Crippen LogP contribution in [0.2, 0.25) is 5.02 Å². The Morgan fingerprint density at radius 3 is 2.70 bits per heavy atom. The first-order valence-corrected chi connectivity index (χ1v) is 8.12. The standard InChI is InChI=1S/C18H20ClN3O/c1-11-12(2)22(13(3)23)17-7-5-4-6-16(17)18(11)21-15-8-14(19)9-20-10-15/h4-12,18,21H,1-3H3/t11-,12-,18?/m0/s1. The Kier molecular flexibility index (Phi) is 4.26. The Bertz CT molecular complexity index is 734. The number of para-hydroxylation sites is 1. The molecule has 0 spiro atoms. The van der Waals surface area contributed by atoms with Gasteiger partial charge in [0.1, 0.15) is 0 Å². The molecule has 1 aliphatic rings. The monoisotopic (exact) mass is 329 g/mol. The molecule has 1 aromatic carbocycles. The lowest BCUT2D eigenvalue weighted by molar-refractivity contribution is -0.117. The fraction of sp³-hybridized carbons (Fsp3) is 0.333. The fourth-order valence-corrected chi connectivity index (χ4v) is 3.50. The van der Waals surface area contributed by atoms with Crippen LogP contribution in [0, 0.1) is 5.92 Å². The van der Waals surface area contributed by atoms with Crippen LogP contribution >= 0.6 is 11.6 Å². The Balaban J connectivity index is 2.03. The van der Waals surface area contributed by atoms with E-state index in [1.165, 1.54) is 0 Å². The molecule has 1 aromatic heterocycles. The number of carbonyl (C=O) groups is 1. The molecule has 1 unspecified atom stereocenters. The van der Waals surface area contributed by atoms with Crippen LogP contribution in [-0.2, 0) is 4.79 Å². The normalized spacial score (nSPS) is 23.3. The molecule has 2 heterocycles. The highest BCUT2D eigenvalue weighted by Gasteiger charge is 2.37. The number of benzene rings is 1. The highest BCUT2D eigenvalue weighted by atomic mass is 35.5. The van der Waals surface area contributed by atoms with E-state index in [0.29, 0.717) is 5.02 Å². The first-order chi connectivity index (χ1) is 11.0. The topological polar surface area (TPSA) is 45.2 Å². The van der Waals surface area contributed by atoms with Crippen LogP contribution < -0.4 is 10.2 Å². The second-order valence-corrected chi connectivity index (χ2v) is 6.50. The van der Waals surface area contributed by atoms with Crippen molar-refractivity contribution in [2.24, 2.45) is 5.92 Å². The second kappa shape index (κ2) is 6.20. The van der Waals surface area contributed by atoms with Crippen LogP contribution in [0.3, 0.4) is 0 Å². The predicted octanol–water partition coefficient (Wildman–Crippen LogP) is 4.28. The van der Waals surface area contributed by atoms with Crippen molar-refractivity contribution in [1.82, 2.24) is 4.98 Å². The molecule has 2 aromatic rings. The Labute approximate surface area is 141 Å². The van der Waals surface area contributed by atoms with Crippen molar-refractivity contribution in [3.8, 4) is 0 Å². The number of anilines is 2. The number of amides is 1. The molecule has 1 aliphatic heterocycles. The number of pyridine rings is 1. The van der Waals surface area contributed by atoms with Crippen molar-refractivity contribution in [1.29, 1.82) is 0 Å². The highest BCUT2D eigenvalue weighted by molar-refractivity contribution is 6.30. The molecule has 1 amide bonds. The first-order valence-electron chi connectivity index (χ1n) is 7.75. The van der Waals surface area contributed by atoms with Gasteiger partial charge in [-0.15, -0.1) is 0 Å². The van der Waals surface area contributed by atoms with Gasteiger partial charge in [0, 0.05) is 30.8 Å². The molecule has 0 bridgehead atoms. The van der Waals surface area contributed by atoms with Crippen LogP contribution in [0.25, 0.3) is 0 Å². The number of hydrogen-bond acceptors (Lipinski definition) is 3. The maximum Gasteiger partial charge on any atom is 0.224 e. The third-order valence-electron chi connectivity index (χ3n) is 4.59. The molecule has 1 N–H and O–H groups in total. The number of halogens is 1. The summed E-state index contributed by atoms with van der Waals surface area (Å²) in [5.74, 6) is 0.312. The largest absolute Gasteiger partial charge is 0.377 e. The van der Waals surface area contributed by atoms with Crippen LogP contribution in [0.15, 0.2) is 42.7 Å².